The molecule has 1 saturated carbocycles. The zero-order valence-corrected chi connectivity index (χ0v) is 17.7. The number of hydrogen-bond acceptors (Lipinski definition) is 4. The number of rotatable bonds is 7. The van der Waals surface area contributed by atoms with Crippen LogP contribution in [0.15, 0.2) is 42.5 Å². The summed E-state index contributed by atoms with van der Waals surface area (Å²) in [6.45, 7) is -0.0287. The Morgan fingerprint density at radius 3 is 2.31 bits per heavy atom. The lowest BCUT2D eigenvalue weighted by molar-refractivity contribution is -0.176. The van der Waals surface area contributed by atoms with Crippen molar-refractivity contribution in [3.63, 3.8) is 0 Å². The van der Waals surface area contributed by atoms with Crippen molar-refractivity contribution >= 4 is 5.91 Å². The van der Waals surface area contributed by atoms with Gasteiger partial charge in [-0.1, -0.05) is 43.2 Å². The monoisotopic (exact) mass is 449 g/mol. The summed E-state index contributed by atoms with van der Waals surface area (Å²) >= 11 is 0. The quantitative estimate of drug-likeness (QED) is 0.668. The molecule has 1 aliphatic carbocycles. The minimum Gasteiger partial charge on any atom is -0.486 e. The van der Waals surface area contributed by atoms with Gasteiger partial charge >= 0.3 is 6.18 Å². The maximum absolute atomic E-state index is 13.3. The van der Waals surface area contributed by atoms with Gasteiger partial charge in [0.05, 0.1) is 12.0 Å². The third-order valence-corrected chi connectivity index (χ3v) is 6.00. The molecule has 5 nitrogen and oxygen atoms in total. The van der Waals surface area contributed by atoms with Crippen LogP contribution in [-0.2, 0) is 28.1 Å². The van der Waals surface area contributed by atoms with Crippen molar-refractivity contribution in [2.24, 2.45) is 0 Å². The molecule has 1 aliphatic heterocycles. The number of carbonyl (C=O) groups excluding carboxylic acids is 1. The van der Waals surface area contributed by atoms with E-state index in [1.165, 1.54) is 0 Å². The molecule has 2 aliphatic rings. The number of nitrogens with one attached hydrogen (secondary N) is 1. The van der Waals surface area contributed by atoms with Gasteiger partial charge in [-0.3, -0.25) is 4.79 Å². The molecule has 8 heteroatoms. The van der Waals surface area contributed by atoms with Crippen molar-refractivity contribution in [3.05, 3.63) is 59.2 Å². The van der Waals surface area contributed by atoms with Crippen LogP contribution in [0.1, 0.15) is 42.4 Å². The summed E-state index contributed by atoms with van der Waals surface area (Å²) in [6, 6.07) is 12.8. The molecule has 32 heavy (non-hydrogen) atoms. The normalized spacial score (nSPS) is 17.2. The van der Waals surface area contributed by atoms with E-state index >= 15 is 0 Å². The van der Waals surface area contributed by atoms with Crippen LogP contribution in [-0.4, -0.2) is 31.9 Å². The molecular weight excluding hydrogens is 423 g/mol. The lowest BCUT2D eigenvalue weighted by Crippen LogP contribution is -2.42. The molecular formula is C24H26F3NO4. The molecule has 0 radical (unpaired) electrons. The first kappa shape index (κ1) is 22.5. The average molecular weight is 449 g/mol. The van der Waals surface area contributed by atoms with E-state index in [0.717, 1.165) is 36.8 Å². The zero-order valence-electron chi connectivity index (χ0n) is 17.7. The van der Waals surface area contributed by atoms with E-state index < -0.39 is 18.2 Å². The molecule has 4 rings (SSSR count). The Balaban J connectivity index is 1.39. The highest BCUT2D eigenvalue weighted by atomic mass is 19.4. The summed E-state index contributed by atoms with van der Waals surface area (Å²) in [6.07, 6.45) is -0.831. The van der Waals surface area contributed by atoms with Gasteiger partial charge in [0.1, 0.15) is 19.8 Å². The van der Waals surface area contributed by atoms with Crippen molar-refractivity contribution in [2.75, 3.05) is 19.8 Å². The molecule has 1 fully saturated rings. The minimum atomic E-state index is -4.34. The van der Waals surface area contributed by atoms with Crippen molar-refractivity contribution in [1.82, 2.24) is 5.32 Å². The van der Waals surface area contributed by atoms with Crippen LogP contribution >= 0.6 is 0 Å². The van der Waals surface area contributed by atoms with Crippen LogP contribution in [0, 0.1) is 0 Å². The fourth-order valence-electron chi connectivity index (χ4n) is 4.36. The summed E-state index contributed by atoms with van der Waals surface area (Å²) in [5, 5.41) is 3.05. The second-order valence-corrected chi connectivity index (χ2v) is 8.25. The fraction of sp³-hybridized carbons (Fsp3) is 0.458. The van der Waals surface area contributed by atoms with Crippen molar-refractivity contribution in [3.8, 4) is 11.5 Å². The van der Waals surface area contributed by atoms with Crippen LogP contribution in [0.2, 0.25) is 0 Å². The first-order valence-corrected chi connectivity index (χ1v) is 10.8. The van der Waals surface area contributed by atoms with Crippen LogP contribution in [0.5, 0.6) is 11.5 Å². The predicted molar refractivity (Wildman–Crippen MR) is 112 cm³/mol. The number of benzene rings is 2. The van der Waals surface area contributed by atoms with E-state index in [1.54, 1.807) is 24.3 Å². The molecule has 1 heterocycles. The van der Waals surface area contributed by atoms with Gasteiger partial charge in [0.2, 0.25) is 5.91 Å². The maximum atomic E-state index is 13.3. The maximum Gasteiger partial charge on any atom is 0.411 e. The van der Waals surface area contributed by atoms with Gasteiger partial charge in [0, 0.05) is 6.54 Å². The molecule has 2 aromatic carbocycles. The smallest absolute Gasteiger partial charge is 0.411 e. The summed E-state index contributed by atoms with van der Waals surface area (Å²) in [5.74, 6) is 1.35. The second-order valence-electron chi connectivity index (χ2n) is 8.25. The molecule has 0 aromatic heterocycles. The number of fused-ring (bicyclic) bond motifs is 1. The van der Waals surface area contributed by atoms with E-state index in [-0.39, 0.29) is 12.5 Å². The number of ether oxygens (including phenoxy) is 3. The van der Waals surface area contributed by atoms with Gasteiger partial charge in [-0.05, 0) is 41.7 Å². The molecule has 0 saturated heterocycles. The van der Waals surface area contributed by atoms with Gasteiger partial charge in [-0.15, -0.1) is 0 Å². The Hall–Kier alpha value is -2.74. The standard InChI is InChI=1S/C24H26F3NO4/c25-24(26,27)16-30-15-18-5-3-17(4-6-18)14-28-22(29)23(9-1-2-10-23)19-7-8-20-21(13-19)32-12-11-31-20/h3-8,13H,1-2,9-12,14-16H2,(H,28,29). The lowest BCUT2D eigenvalue weighted by Gasteiger charge is -2.30. The van der Waals surface area contributed by atoms with Gasteiger partial charge in [0.15, 0.2) is 11.5 Å². The number of carbonyl (C=O) groups is 1. The SMILES string of the molecule is O=C(NCc1ccc(COCC(F)(F)F)cc1)C1(c2ccc3c(c2)OCCO3)CCCC1. The Morgan fingerprint density at radius 1 is 0.969 bits per heavy atom. The van der Waals surface area contributed by atoms with E-state index in [4.69, 9.17) is 9.47 Å². The van der Waals surface area contributed by atoms with Crippen molar-refractivity contribution in [2.45, 2.75) is 50.4 Å². The summed E-state index contributed by atoms with van der Waals surface area (Å²) in [7, 11) is 0. The zero-order chi connectivity index (χ0) is 22.6. The first-order chi connectivity index (χ1) is 15.4. The Morgan fingerprint density at radius 2 is 1.62 bits per heavy atom. The Kier molecular flexibility index (Phi) is 6.60. The third-order valence-electron chi connectivity index (χ3n) is 6.00. The summed E-state index contributed by atoms with van der Waals surface area (Å²) < 4.78 is 52.5. The van der Waals surface area contributed by atoms with Gasteiger partial charge < -0.3 is 19.5 Å². The minimum absolute atomic E-state index is 0.0238. The third kappa shape index (κ3) is 5.18. The Bertz CT molecular complexity index is 937. The number of halogens is 3. The van der Waals surface area contributed by atoms with Crippen LogP contribution in [0.3, 0.4) is 0 Å². The van der Waals surface area contributed by atoms with Crippen molar-refractivity contribution in [1.29, 1.82) is 0 Å². The molecule has 2 aromatic rings. The number of hydrogen-bond donors (Lipinski definition) is 1. The second kappa shape index (κ2) is 9.40. The molecule has 1 N–H and O–H groups in total. The topological polar surface area (TPSA) is 56.8 Å². The highest BCUT2D eigenvalue weighted by Gasteiger charge is 2.43. The van der Waals surface area contributed by atoms with E-state index in [2.05, 4.69) is 10.1 Å². The first-order valence-electron chi connectivity index (χ1n) is 10.8. The van der Waals surface area contributed by atoms with E-state index in [1.807, 2.05) is 18.2 Å². The highest BCUT2D eigenvalue weighted by Crippen LogP contribution is 2.44. The van der Waals surface area contributed by atoms with E-state index in [9.17, 15) is 18.0 Å². The van der Waals surface area contributed by atoms with E-state index in [0.29, 0.717) is 36.8 Å². The predicted octanol–water partition coefficient (Wildman–Crippen LogP) is 4.66. The summed E-state index contributed by atoms with van der Waals surface area (Å²) in [4.78, 5) is 13.3. The average Bonchev–Trinajstić information content (AvgIpc) is 3.28. The molecule has 0 spiro atoms. The molecule has 1 amide bonds. The fourth-order valence-corrected chi connectivity index (χ4v) is 4.36. The van der Waals surface area contributed by atoms with Crippen molar-refractivity contribution < 1.29 is 32.2 Å². The van der Waals surface area contributed by atoms with Crippen LogP contribution in [0.4, 0.5) is 13.2 Å². The molecule has 0 atom stereocenters. The Labute approximate surface area is 184 Å². The largest absolute Gasteiger partial charge is 0.486 e. The van der Waals surface area contributed by atoms with Crippen LogP contribution in [0.25, 0.3) is 0 Å². The number of amides is 1. The highest BCUT2D eigenvalue weighted by molar-refractivity contribution is 5.88. The van der Waals surface area contributed by atoms with Crippen LogP contribution < -0.4 is 14.8 Å². The summed E-state index contributed by atoms with van der Waals surface area (Å²) in [5.41, 5.74) is 1.86. The van der Waals surface area contributed by atoms with Gasteiger partial charge in [-0.25, -0.2) is 0 Å². The lowest BCUT2D eigenvalue weighted by atomic mass is 9.77. The number of alkyl halides is 3. The molecule has 172 valence electrons. The molecule has 0 unspecified atom stereocenters. The van der Waals surface area contributed by atoms with Gasteiger partial charge in [-0.2, -0.15) is 13.2 Å². The molecule has 0 bridgehead atoms. The van der Waals surface area contributed by atoms with Gasteiger partial charge in [0.25, 0.3) is 0 Å².